The van der Waals surface area contributed by atoms with Crippen LogP contribution >= 0.6 is 0 Å². The first-order valence-electron chi connectivity index (χ1n) is 8.40. The van der Waals surface area contributed by atoms with E-state index in [0.717, 1.165) is 17.0 Å². The molecule has 3 aromatic rings. The monoisotopic (exact) mass is 366 g/mol. The van der Waals surface area contributed by atoms with Crippen molar-refractivity contribution in [1.82, 2.24) is 15.3 Å². The number of carbonyl (C=O) groups excluding carboxylic acids is 1. The smallest absolute Gasteiger partial charge is 0.270 e. The van der Waals surface area contributed by atoms with Crippen LogP contribution < -0.4 is 15.4 Å². The van der Waals surface area contributed by atoms with E-state index in [9.17, 15) is 9.18 Å². The fraction of sp³-hybridized carbons (Fsp3) is 0.150. The molecule has 0 saturated carbocycles. The first-order valence-corrected chi connectivity index (χ1v) is 8.40. The van der Waals surface area contributed by atoms with Gasteiger partial charge in [0.05, 0.1) is 7.11 Å². The van der Waals surface area contributed by atoms with Gasteiger partial charge in [-0.15, -0.1) is 0 Å². The Morgan fingerprint density at radius 1 is 1.07 bits per heavy atom. The highest BCUT2D eigenvalue weighted by Gasteiger charge is 2.08. The number of benzene rings is 2. The third kappa shape index (κ3) is 5.24. The lowest BCUT2D eigenvalue weighted by atomic mass is 10.1. The number of anilines is 2. The Kier molecular flexibility index (Phi) is 5.94. The summed E-state index contributed by atoms with van der Waals surface area (Å²) in [5.74, 6) is 0.696. The Morgan fingerprint density at radius 2 is 1.81 bits per heavy atom. The minimum Gasteiger partial charge on any atom is -0.497 e. The van der Waals surface area contributed by atoms with E-state index in [4.69, 9.17) is 4.74 Å². The fourth-order valence-electron chi connectivity index (χ4n) is 2.43. The van der Waals surface area contributed by atoms with Crippen LogP contribution in [0.25, 0.3) is 0 Å². The van der Waals surface area contributed by atoms with Crippen molar-refractivity contribution in [3.8, 4) is 5.75 Å². The quantitative estimate of drug-likeness (QED) is 0.671. The number of ether oxygens (including phenoxy) is 1. The lowest BCUT2D eigenvalue weighted by molar-refractivity contribution is 0.0949. The van der Waals surface area contributed by atoms with Crippen LogP contribution in [-0.4, -0.2) is 29.5 Å². The van der Waals surface area contributed by atoms with Gasteiger partial charge in [-0.1, -0.05) is 12.1 Å². The first kappa shape index (κ1) is 18.3. The van der Waals surface area contributed by atoms with E-state index in [-0.39, 0.29) is 17.4 Å². The van der Waals surface area contributed by atoms with Gasteiger partial charge in [0.1, 0.15) is 29.4 Å². The molecule has 0 radical (unpaired) electrons. The van der Waals surface area contributed by atoms with Crippen molar-refractivity contribution in [2.24, 2.45) is 0 Å². The van der Waals surface area contributed by atoms with Gasteiger partial charge in [-0.05, 0) is 48.4 Å². The minimum absolute atomic E-state index is 0.264. The van der Waals surface area contributed by atoms with Crippen molar-refractivity contribution in [2.75, 3.05) is 19.0 Å². The fourth-order valence-corrected chi connectivity index (χ4v) is 2.43. The van der Waals surface area contributed by atoms with Gasteiger partial charge in [-0.3, -0.25) is 4.79 Å². The number of nitrogens with one attached hydrogen (secondary N) is 2. The number of hydrogen-bond acceptors (Lipinski definition) is 5. The number of aromatic nitrogens is 2. The highest BCUT2D eigenvalue weighted by atomic mass is 19.1. The van der Waals surface area contributed by atoms with Gasteiger partial charge in [-0.2, -0.15) is 0 Å². The van der Waals surface area contributed by atoms with E-state index < -0.39 is 0 Å². The molecule has 0 aliphatic carbocycles. The van der Waals surface area contributed by atoms with Crippen molar-refractivity contribution in [1.29, 1.82) is 0 Å². The third-order valence-corrected chi connectivity index (χ3v) is 3.87. The number of nitrogens with zero attached hydrogens (tertiary/aromatic N) is 2. The Morgan fingerprint density at radius 3 is 2.52 bits per heavy atom. The predicted molar refractivity (Wildman–Crippen MR) is 101 cm³/mol. The molecule has 3 rings (SSSR count). The van der Waals surface area contributed by atoms with Crippen LogP contribution in [0.4, 0.5) is 15.9 Å². The SMILES string of the molecule is COc1ccc(Nc2cc(C(=O)NCCc3ccc(F)cc3)ncn2)cc1. The molecule has 2 N–H and O–H groups in total. The van der Waals surface area contributed by atoms with Crippen molar-refractivity contribution in [3.63, 3.8) is 0 Å². The largest absolute Gasteiger partial charge is 0.497 e. The summed E-state index contributed by atoms with van der Waals surface area (Å²) in [6, 6.07) is 15.1. The van der Waals surface area contributed by atoms with Crippen LogP contribution in [0.2, 0.25) is 0 Å². The number of amides is 1. The molecule has 0 atom stereocenters. The van der Waals surface area contributed by atoms with Gasteiger partial charge < -0.3 is 15.4 Å². The Balaban J connectivity index is 1.56. The van der Waals surface area contributed by atoms with Gasteiger partial charge in [0.15, 0.2) is 0 Å². The molecule has 0 fully saturated rings. The Bertz CT molecular complexity index is 899. The number of halogens is 1. The van der Waals surface area contributed by atoms with Gasteiger partial charge in [0.25, 0.3) is 5.91 Å². The molecule has 1 heterocycles. The zero-order chi connectivity index (χ0) is 19.1. The second-order valence-corrected chi connectivity index (χ2v) is 5.77. The average Bonchev–Trinajstić information content (AvgIpc) is 2.70. The molecule has 27 heavy (non-hydrogen) atoms. The van der Waals surface area contributed by atoms with Crippen LogP contribution in [-0.2, 0) is 6.42 Å². The van der Waals surface area contributed by atoms with E-state index in [2.05, 4.69) is 20.6 Å². The normalized spacial score (nSPS) is 10.3. The molecule has 0 bridgehead atoms. The van der Waals surface area contributed by atoms with E-state index in [1.54, 1.807) is 25.3 Å². The molecule has 0 aliphatic rings. The molecule has 1 amide bonds. The maximum Gasteiger partial charge on any atom is 0.270 e. The van der Waals surface area contributed by atoms with Crippen molar-refractivity contribution in [3.05, 3.63) is 78.0 Å². The minimum atomic E-state index is -0.294. The Hall–Kier alpha value is -3.48. The third-order valence-electron chi connectivity index (χ3n) is 3.87. The number of hydrogen-bond donors (Lipinski definition) is 2. The van der Waals surface area contributed by atoms with E-state index in [1.165, 1.54) is 18.5 Å². The maximum absolute atomic E-state index is 12.9. The lowest BCUT2D eigenvalue weighted by Crippen LogP contribution is -2.26. The van der Waals surface area contributed by atoms with Gasteiger partial charge in [0, 0.05) is 18.3 Å². The molecule has 0 unspecified atom stereocenters. The summed E-state index contributed by atoms with van der Waals surface area (Å²) in [7, 11) is 1.60. The molecule has 0 spiro atoms. The molecule has 1 aromatic heterocycles. The summed E-state index contributed by atoms with van der Waals surface area (Å²) in [5, 5.41) is 5.92. The molecule has 6 nitrogen and oxygen atoms in total. The van der Waals surface area contributed by atoms with Crippen LogP contribution in [0.3, 0.4) is 0 Å². The van der Waals surface area contributed by atoms with Crippen LogP contribution in [0, 0.1) is 5.82 Å². The number of carbonyl (C=O) groups is 1. The van der Waals surface area contributed by atoms with Crippen molar-refractivity contribution < 1.29 is 13.9 Å². The number of rotatable bonds is 7. The highest BCUT2D eigenvalue weighted by molar-refractivity contribution is 5.92. The second-order valence-electron chi connectivity index (χ2n) is 5.77. The summed E-state index contributed by atoms with van der Waals surface area (Å²) in [6.45, 7) is 0.426. The van der Waals surface area contributed by atoms with Crippen LogP contribution in [0.15, 0.2) is 60.9 Å². The first-order chi connectivity index (χ1) is 13.1. The molecule has 7 heteroatoms. The highest BCUT2D eigenvalue weighted by Crippen LogP contribution is 2.18. The molecular weight excluding hydrogens is 347 g/mol. The molecule has 138 valence electrons. The molecular formula is C20H19FN4O2. The molecule has 2 aromatic carbocycles. The van der Waals surface area contributed by atoms with E-state index in [0.29, 0.717) is 18.8 Å². The van der Waals surface area contributed by atoms with E-state index >= 15 is 0 Å². The zero-order valence-electron chi connectivity index (χ0n) is 14.8. The Labute approximate surface area is 156 Å². The summed E-state index contributed by atoms with van der Waals surface area (Å²) in [4.78, 5) is 20.4. The van der Waals surface area contributed by atoms with Gasteiger partial charge >= 0.3 is 0 Å². The standard InChI is InChI=1S/C20H19FN4O2/c1-27-17-8-6-16(7-9-17)25-19-12-18(23-13-24-19)20(26)22-11-10-14-2-4-15(21)5-3-14/h2-9,12-13H,10-11H2,1H3,(H,22,26)(H,23,24,25). The summed E-state index contributed by atoms with van der Waals surface area (Å²) in [5.41, 5.74) is 2.03. The van der Waals surface area contributed by atoms with Crippen LogP contribution in [0.5, 0.6) is 5.75 Å². The topological polar surface area (TPSA) is 76.1 Å². The maximum atomic E-state index is 12.9. The number of methoxy groups -OCH3 is 1. The summed E-state index contributed by atoms with van der Waals surface area (Å²) < 4.78 is 18.0. The summed E-state index contributed by atoms with van der Waals surface area (Å²) in [6.07, 6.45) is 1.94. The van der Waals surface area contributed by atoms with E-state index in [1.807, 2.05) is 24.3 Å². The van der Waals surface area contributed by atoms with Crippen molar-refractivity contribution in [2.45, 2.75) is 6.42 Å². The molecule has 0 aliphatic heterocycles. The van der Waals surface area contributed by atoms with Gasteiger partial charge in [-0.25, -0.2) is 14.4 Å². The predicted octanol–water partition coefficient (Wildman–Crippen LogP) is 3.34. The zero-order valence-corrected chi connectivity index (χ0v) is 14.8. The summed E-state index contributed by atoms with van der Waals surface area (Å²) >= 11 is 0. The van der Waals surface area contributed by atoms with Crippen LogP contribution in [0.1, 0.15) is 16.1 Å². The second kappa shape index (κ2) is 8.75. The van der Waals surface area contributed by atoms with Crippen molar-refractivity contribution >= 4 is 17.4 Å². The van der Waals surface area contributed by atoms with Gasteiger partial charge in [0.2, 0.25) is 0 Å². The lowest BCUT2D eigenvalue weighted by Gasteiger charge is -2.08. The molecule has 0 saturated heterocycles. The average molecular weight is 366 g/mol.